The van der Waals surface area contributed by atoms with Crippen LogP contribution in [0.15, 0.2) is 182 Å². The maximum absolute atomic E-state index is 9.47. The zero-order chi connectivity index (χ0) is 34.9. The Kier molecular flexibility index (Phi) is 7.85. The molecular formula is C48H30N4. The van der Waals surface area contributed by atoms with Crippen LogP contribution in [0.25, 0.3) is 89.1 Å². The summed E-state index contributed by atoms with van der Waals surface area (Å²) in [4.78, 5) is 15.3. The summed E-state index contributed by atoms with van der Waals surface area (Å²) >= 11 is 0. The van der Waals surface area contributed by atoms with Crippen LogP contribution in [0.3, 0.4) is 0 Å². The average molecular weight is 663 g/mol. The lowest BCUT2D eigenvalue weighted by molar-refractivity contribution is 1.07. The minimum atomic E-state index is 0.542. The van der Waals surface area contributed by atoms with E-state index in [2.05, 4.69) is 152 Å². The van der Waals surface area contributed by atoms with Gasteiger partial charge in [-0.15, -0.1) is 0 Å². The molecule has 0 fully saturated rings. The molecule has 0 saturated carbocycles. The van der Waals surface area contributed by atoms with Gasteiger partial charge in [0.15, 0.2) is 17.5 Å². The molecule has 4 heteroatoms. The van der Waals surface area contributed by atoms with Gasteiger partial charge in [0.2, 0.25) is 0 Å². The Hall–Kier alpha value is -7.22. The number of hydrogen-bond donors (Lipinski definition) is 0. The van der Waals surface area contributed by atoms with Crippen LogP contribution in [0.2, 0.25) is 0 Å². The van der Waals surface area contributed by atoms with Gasteiger partial charge in [0.25, 0.3) is 0 Å². The fourth-order valence-corrected chi connectivity index (χ4v) is 6.99. The first-order valence-corrected chi connectivity index (χ1v) is 17.2. The fourth-order valence-electron chi connectivity index (χ4n) is 6.99. The minimum absolute atomic E-state index is 0.542. The van der Waals surface area contributed by atoms with E-state index in [0.29, 0.717) is 23.0 Å². The lowest BCUT2D eigenvalue weighted by Crippen LogP contribution is -2.02. The van der Waals surface area contributed by atoms with E-state index in [0.717, 1.165) is 49.7 Å². The molecule has 0 spiro atoms. The Morgan fingerprint density at radius 1 is 0.346 bits per heavy atom. The van der Waals surface area contributed by atoms with Crippen molar-refractivity contribution in [2.75, 3.05) is 0 Å². The summed E-state index contributed by atoms with van der Waals surface area (Å²) in [5.41, 5.74) is 9.92. The molecular weight excluding hydrogens is 633 g/mol. The SMILES string of the molecule is N#Cc1ccc(-c2nc(-c3ccc4cc(-c5cccc6ccccc56)ccc4c3)nc(-c3cccc(-c4ccccc4)c3-c3ccccc3)n2)cc1. The number of aromatic nitrogens is 3. The van der Waals surface area contributed by atoms with Gasteiger partial charge in [0.05, 0.1) is 11.6 Å². The average Bonchev–Trinajstić information content (AvgIpc) is 3.23. The van der Waals surface area contributed by atoms with E-state index < -0.39 is 0 Å². The zero-order valence-electron chi connectivity index (χ0n) is 28.1. The van der Waals surface area contributed by atoms with Crippen LogP contribution < -0.4 is 0 Å². The Balaban J connectivity index is 1.22. The number of fused-ring (bicyclic) bond motifs is 2. The molecule has 9 rings (SSSR count). The molecule has 1 heterocycles. The van der Waals surface area contributed by atoms with Gasteiger partial charge in [0, 0.05) is 22.3 Å². The predicted molar refractivity (Wildman–Crippen MR) is 212 cm³/mol. The van der Waals surface area contributed by atoms with E-state index in [1.165, 1.54) is 21.9 Å². The molecule has 0 aliphatic rings. The summed E-state index contributed by atoms with van der Waals surface area (Å²) in [7, 11) is 0. The third-order valence-corrected chi connectivity index (χ3v) is 9.56. The number of benzene rings is 8. The Morgan fingerprint density at radius 2 is 0.885 bits per heavy atom. The van der Waals surface area contributed by atoms with Crippen molar-refractivity contribution >= 4 is 21.5 Å². The second-order valence-corrected chi connectivity index (χ2v) is 12.8. The van der Waals surface area contributed by atoms with Crippen LogP contribution in [-0.2, 0) is 0 Å². The van der Waals surface area contributed by atoms with Gasteiger partial charge < -0.3 is 0 Å². The van der Waals surface area contributed by atoms with Gasteiger partial charge >= 0.3 is 0 Å². The van der Waals surface area contributed by atoms with Gasteiger partial charge in [-0.25, -0.2) is 15.0 Å². The summed E-state index contributed by atoms with van der Waals surface area (Å²) in [6.07, 6.45) is 0. The van der Waals surface area contributed by atoms with E-state index in [-0.39, 0.29) is 0 Å². The summed E-state index contributed by atoms with van der Waals surface area (Å²) in [5.74, 6) is 1.70. The van der Waals surface area contributed by atoms with Crippen molar-refractivity contribution < 1.29 is 0 Å². The van der Waals surface area contributed by atoms with Crippen LogP contribution in [0.5, 0.6) is 0 Å². The molecule has 0 N–H and O–H groups in total. The maximum atomic E-state index is 9.47. The van der Waals surface area contributed by atoms with E-state index >= 15 is 0 Å². The van der Waals surface area contributed by atoms with Gasteiger partial charge in [-0.2, -0.15) is 5.26 Å². The van der Waals surface area contributed by atoms with E-state index in [1.807, 2.05) is 24.3 Å². The number of nitrogens with zero attached hydrogens (tertiary/aromatic N) is 4. The number of hydrogen-bond acceptors (Lipinski definition) is 4. The standard InChI is InChI=1S/C48H30N4/c49-31-32-21-23-36(24-22-32)46-50-47(40-28-26-37-29-39(27-25-38(37)30-40)42-18-9-16-33-13-7-8-17-41(33)42)52-48(51-46)44-20-10-19-43(34-11-3-1-4-12-34)45(44)35-14-5-2-6-15-35/h1-30H. The maximum Gasteiger partial charge on any atom is 0.164 e. The number of rotatable bonds is 6. The van der Waals surface area contributed by atoms with Crippen molar-refractivity contribution in [3.05, 3.63) is 188 Å². The molecule has 1 aromatic heterocycles. The Morgan fingerprint density at radius 3 is 1.63 bits per heavy atom. The summed E-state index contributed by atoms with van der Waals surface area (Å²) in [6, 6.07) is 64.7. The summed E-state index contributed by atoms with van der Waals surface area (Å²) < 4.78 is 0. The third-order valence-electron chi connectivity index (χ3n) is 9.56. The molecule has 9 aromatic rings. The lowest BCUT2D eigenvalue weighted by atomic mass is 9.90. The van der Waals surface area contributed by atoms with Crippen LogP contribution in [0, 0.1) is 11.3 Å². The highest BCUT2D eigenvalue weighted by molar-refractivity contribution is 5.99. The Labute approximate surface area is 302 Å². The first kappa shape index (κ1) is 30.8. The van der Waals surface area contributed by atoms with E-state index in [9.17, 15) is 5.26 Å². The van der Waals surface area contributed by atoms with Crippen molar-refractivity contribution in [1.29, 1.82) is 5.26 Å². The molecule has 0 saturated heterocycles. The molecule has 4 nitrogen and oxygen atoms in total. The second kappa shape index (κ2) is 13.2. The first-order chi connectivity index (χ1) is 25.7. The predicted octanol–water partition coefficient (Wildman–Crippen LogP) is 12.1. The molecule has 0 bridgehead atoms. The zero-order valence-corrected chi connectivity index (χ0v) is 28.1. The molecule has 0 atom stereocenters. The van der Waals surface area contributed by atoms with Crippen molar-refractivity contribution in [2.24, 2.45) is 0 Å². The Bertz CT molecular complexity index is 2780. The van der Waals surface area contributed by atoms with Crippen molar-refractivity contribution in [1.82, 2.24) is 15.0 Å². The van der Waals surface area contributed by atoms with Gasteiger partial charge in [0.1, 0.15) is 0 Å². The molecule has 8 aromatic carbocycles. The van der Waals surface area contributed by atoms with Crippen LogP contribution in [-0.4, -0.2) is 15.0 Å². The summed E-state index contributed by atoms with van der Waals surface area (Å²) in [5, 5.41) is 14.2. The highest BCUT2D eigenvalue weighted by atomic mass is 15.0. The largest absolute Gasteiger partial charge is 0.208 e. The van der Waals surface area contributed by atoms with Crippen LogP contribution in [0.4, 0.5) is 0 Å². The minimum Gasteiger partial charge on any atom is -0.208 e. The molecule has 0 amide bonds. The molecule has 0 aliphatic heterocycles. The molecule has 0 aliphatic carbocycles. The van der Waals surface area contributed by atoms with Gasteiger partial charge in [-0.05, 0) is 85.8 Å². The van der Waals surface area contributed by atoms with E-state index in [4.69, 9.17) is 15.0 Å². The first-order valence-electron chi connectivity index (χ1n) is 17.2. The highest BCUT2D eigenvalue weighted by Crippen LogP contribution is 2.40. The molecule has 0 unspecified atom stereocenters. The fraction of sp³-hybridized carbons (Fsp3) is 0. The quantitative estimate of drug-likeness (QED) is 0.178. The monoisotopic (exact) mass is 662 g/mol. The molecule has 52 heavy (non-hydrogen) atoms. The third kappa shape index (κ3) is 5.77. The summed E-state index contributed by atoms with van der Waals surface area (Å²) in [6.45, 7) is 0. The number of nitriles is 1. The second-order valence-electron chi connectivity index (χ2n) is 12.8. The van der Waals surface area contributed by atoms with Gasteiger partial charge in [-0.3, -0.25) is 0 Å². The van der Waals surface area contributed by atoms with Crippen molar-refractivity contribution in [3.8, 4) is 73.6 Å². The van der Waals surface area contributed by atoms with E-state index in [1.54, 1.807) is 12.1 Å². The highest BCUT2D eigenvalue weighted by Gasteiger charge is 2.19. The van der Waals surface area contributed by atoms with Crippen molar-refractivity contribution in [3.63, 3.8) is 0 Å². The smallest absolute Gasteiger partial charge is 0.164 e. The topological polar surface area (TPSA) is 62.5 Å². The van der Waals surface area contributed by atoms with Crippen LogP contribution >= 0.6 is 0 Å². The van der Waals surface area contributed by atoms with Crippen molar-refractivity contribution in [2.45, 2.75) is 0 Å². The molecule has 0 radical (unpaired) electrons. The van der Waals surface area contributed by atoms with Gasteiger partial charge in [-0.1, -0.05) is 146 Å². The van der Waals surface area contributed by atoms with Crippen LogP contribution in [0.1, 0.15) is 5.56 Å². The normalized spacial score (nSPS) is 11.1. The lowest BCUT2D eigenvalue weighted by Gasteiger charge is -2.16. The molecule has 242 valence electrons.